The summed E-state index contributed by atoms with van der Waals surface area (Å²) in [4.78, 5) is 25.3. The average Bonchev–Trinajstić information content (AvgIpc) is 3.08. The molecule has 0 saturated carbocycles. The Labute approximate surface area is 130 Å². The Morgan fingerprint density at radius 2 is 1.82 bits per heavy atom. The highest BCUT2D eigenvalue weighted by atomic mass is 16.5. The highest BCUT2D eigenvalue weighted by Gasteiger charge is 2.17. The van der Waals surface area contributed by atoms with Gasteiger partial charge in [-0.2, -0.15) is 0 Å². The molecule has 2 N–H and O–H groups in total. The van der Waals surface area contributed by atoms with Crippen molar-refractivity contribution in [3.8, 4) is 5.75 Å². The van der Waals surface area contributed by atoms with Crippen molar-refractivity contribution in [2.24, 2.45) is 0 Å². The van der Waals surface area contributed by atoms with Crippen molar-refractivity contribution < 1.29 is 14.3 Å². The quantitative estimate of drug-likeness (QED) is 0.837. The van der Waals surface area contributed by atoms with E-state index < -0.39 is 0 Å². The van der Waals surface area contributed by atoms with E-state index in [9.17, 15) is 9.59 Å². The van der Waals surface area contributed by atoms with Crippen molar-refractivity contribution in [3.05, 3.63) is 29.8 Å². The highest BCUT2D eigenvalue weighted by molar-refractivity contribution is 5.78. The van der Waals surface area contributed by atoms with Gasteiger partial charge in [-0.15, -0.1) is 0 Å². The lowest BCUT2D eigenvalue weighted by atomic mass is 10.2. The number of nitrogens with zero attached hydrogens (tertiary/aromatic N) is 1. The van der Waals surface area contributed by atoms with Crippen LogP contribution in [0.1, 0.15) is 24.8 Å². The molecular weight excluding hydrogens is 282 g/mol. The van der Waals surface area contributed by atoms with E-state index in [1.807, 2.05) is 29.2 Å². The maximum atomic E-state index is 11.8. The zero-order chi connectivity index (χ0) is 15.8. The van der Waals surface area contributed by atoms with Crippen molar-refractivity contribution in [1.29, 1.82) is 0 Å². The molecule has 1 aromatic rings. The lowest BCUT2D eigenvalue weighted by molar-refractivity contribution is -0.129. The molecule has 0 unspecified atom stereocenters. The number of hydrogen-bond donors (Lipinski definition) is 2. The average molecular weight is 305 g/mol. The largest absolute Gasteiger partial charge is 0.497 e. The highest BCUT2D eigenvalue weighted by Crippen LogP contribution is 2.11. The van der Waals surface area contributed by atoms with Crippen LogP contribution in [-0.2, 0) is 11.3 Å². The fourth-order valence-electron chi connectivity index (χ4n) is 2.40. The van der Waals surface area contributed by atoms with E-state index in [0.29, 0.717) is 19.5 Å². The normalized spacial score (nSPS) is 13.8. The smallest absolute Gasteiger partial charge is 0.315 e. The van der Waals surface area contributed by atoms with Crippen LogP contribution in [0.25, 0.3) is 0 Å². The van der Waals surface area contributed by atoms with Gasteiger partial charge < -0.3 is 20.3 Å². The van der Waals surface area contributed by atoms with Gasteiger partial charge >= 0.3 is 6.03 Å². The van der Waals surface area contributed by atoms with Crippen molar-refractivity contribution >= 4 is 11.9 Å². The number of likely N-dealkylation sites (tertiary alicyclic amines) is 1. The maximum absolute atomic E-state index is 11.8. The summed E-state index contributed by atoms with van der Waals surface area (Å²) in [6.45, 7) is 2.50. The number of amides is 3. The summed E-state index contributed by atoms with van der Waals surface area (Å²) in [5.74, 6) is 0.904. The molecule has 1 heterocycles. The lowest BCUT2D eigenvalue weighted by Gasteiger charge is -2.15. The van der Waals surface area contributed by atoms with Crippen molar-refractivity contribution in [2.75, 3.05) is 26.7 Å². The van der Waals surface area contributed by atoms with Crippen LogP contribution >= 0.6 is 0 Å². The first-order valence-electron chi connectivity index (χ1n) is 7.61. The second kappa shape index (κ2) is 8.26. The molecule has 1 aliphatic rings. The second-order valence-corrected chi connectivity index (χ2v) is 5.30. The van der Waals surface area contributed by atoms with Gasteiger partial charge in [0.05, 0.1) is 7.11 Å². The molecular formula is C16H23N3O3. The van der Waals surface area contributed by atoms with Crippen molar-refractivity contribution in [2.45, 2.75) is 25.8 Å². The summed E-state index contributed by atoms with van der Waals surface area (Å²) < 4.78 is 5.08. The number of methoxy groups -OCH3 is 1. The third kappa shape index (κ3) is 4.95. The first-order chi connectivity index (χ1) is 10.7. The molecule has 2 rings (SSSR count). The number of ether oxygens (including phenoxy) is 1. The van der Waals surface area contributed by atoms with E-state index in [1.54, 1.807) is 7.11 Å². The van der Waals surface area contributed by atoms with E-state index in [-0.39, 0.29) is 11.9 Å². The van der Waals surface area contributed by atoms with Crippen LogP contribution in [-0.4, -0.2) is 43.6 Å². The van der Waals surface area contributed by atoms with Gasteiger partial charge in [-0.3, -0.25) is 4.79 Å². The first kappa shape index (κ1) is 16.1. The third-order valence-corrected chi connectivity index (χ3v) is 3.70. The van der Waals surface area contributed by atoms with Crippen LogP contribution in [0.2, 0.25) is 0 Å². The Kier molecular flexibility index (Phi) is 6.06. The van der Waals surface area contributed by atoms with E-state index in [1.165, 1.54) is 0 Å². The summed E-state index contributed by atoms with van der Waals surface area (Å²) in [5, 5.41) is 5.47. The molecule has 22 heavy (non-hydrogen) atoms. The minimum Gasteiger partial charge on any atom is -0.497 e. The molecule has 1 aromatic carbocycles. The summed E-state index contributed by atoms with van der Waals surface area (Å²) in [5.41, 5.74) is 0.990. The van der Waals surface area contributed by atoms with Crippen molar-refractivity contribution in [1.82, 2.24) is 15.5 Å². The van der Waals surface area contributed by atoms with Gasteiger partial charge in [0.1, 0.15) is 5.75 Å². The number of urea groups is 1. The standard InChI is InChI=1S/C16H23N3O3/c1-22-14-6-4-13(5-7-14)12-18-16(21)17-9-8-15(20)19-10-2-3-11-19/h4-7H,2-3,8-12H2,1H3,(H2,17,18,21). The predicted molar refractivity (Wildman–Crippen MR) is 83.7 cm³/mol. The minimum absolute atomic E-state index is 0.118. The summed E-state index contributed by atoms with van der Waals surface area (Å²) in [7, 11) is 1.62. The molecule has 0 bridgehead atoms. The van der Waals surface area contributed by atoms with E-state index in [0.717, 1.165) is 37.2 Å². The lowest BCUT2D eigenvalue weighted by Crippen LogP contribution is -2.38. The van der Waals surface area contributed by atoms with Crippen LogP contribution < -0.4 is 15.4 Å². The Balaban J connectivity index is 1.61. The molecule has 120 valence electrons. The first-order valence-corrected chi connectivity index (χ1v) is 7.61. The Hall–Kier alpha value is -2.24. The molecule has 0 radical (unpaired) electrons. The monoisotopic (exact) mass is 305 g/mol. The van der Waals surface area contributed by atoms with Gasteiger partial charge in [0.25, 0.3) is 0 Å². The van der Waals surface area contributed by atoms with Gasteiger partial charge in [-0.1, -0.05) is 12.1 Å². The molecule has 6 nitrogen and oxygen atoms in total. The fraction of sp³-hybridized carbons (Fsp3) is 0.500. The van der Waals surface area contributed by atoms with E-state index in [4.69, 9.17) is 4.74 Å². The Morgan fingerprint density at radius 3 is 2.45 bits per heavy atom. The van der Waals surface area contributed by atoms with Crippen LogP contribution in [0.4, 0.5) is 4.79 Å². The Bertz CT molecular complexity index is 496. The molecule has 0 aliphatic carbocycles. The topological polar surface area (TPSA) is 70.7 Å². The number of nitrogens with one attached hydrogen (secondary N) is 2. The molecule has 0 aromatic heterocycles. The van der Waals surface area contributed by atoms with Crippen LogP contribution in [0.5, 0.6) is 5.75 Å². The van der Waals surface area contributed by atoms with Gasteiger partial charge in [0.2, 0.25) is 5.91 Å². The van der Waals surface area contributed by atoms with Crippen molar-refractivity contribution in [3.63, 3.8) is 0 Å². The molecule has 1 fully saturated rings. The zero-order valence-corrected chi connectivity index (χ0v) is 12.9. The zero-order valence-electron chi connectivity index (χ0n) is 12.9. The molecule has 6 heteroatoms. The molecule has 0 spiro atoms. The van der Waals surface area contributed by atoms with Gasteiger partial charge in [0.15, 0.2) is 0 Å². The molecule has 1 saturated heterocycles. The van der Waals surface area contributed by atoms with Gasteiger partial charge in [-0.05, 0) is 30.5 Å². The number of rotatable bonds is 6. The molecule has 0 atom stereocenters. The van der Waals surface area contributed by atoms with E-state index >= 15 is 0 Å². The van der Waals surface area contributed by atoms with Crippen LogP contribution in [0, 0.1) is 0 Å². The summed E-state index contributed by atoms with van der Waals surface area (Å²) in [6.07, 6.45) is 2.53. The van der Waals surface area contributed by atoms with E-state index in [2.05, 4.69) is 10.6 Å². The number of carbonyl (C=O) groups is 2. The summed E-state index contributed by atoms with van der Waals surface area (Å²) in [6, 6.07) is 7.24. The fourth-order valence-corrected chi connectivity index (χ4v) is 2.40. The SMILES string of the molecule is COc1ccc(CNC(=O)NCCC(=O)N2CCCC2)cc1. The second-order valence-electron chi connectivity index (χ2n) is 5.30. The van der Waals surface area contributed by atoms with Crippen LogP contribution in [0.15, 0.2) is 24.3 Å². The Morgan fingerprint density at radius 1 is 1.14 bits per heavy atom. The molecule has 1 aliphatic heterocycles. The number of hydrogen-bond acceptors (Lipinski definition) is 3. The molecule has 3 amide bonds. The number of carbonyl (C=O) groups excluding carboxylic acids is 2. The maximum Gasteiger partial charge on any atom is 0.315 e. The third-order valence-electron chi connectivity index (χ3n) is 3.70. The summed E-state index contributed by atoms with van der Waals surface area (Å²) >= 11 is 0. The van der Waals surface area contributed by atoms with Gasteiger partial charge in [-0.25, -0.2) is 4.79 Å². The predicted octanol–water partition coefficient (Wildman–Crippen LogP) is 1.51. The van der Waals surface area contributed by atoms with Crippen LogP contribution in [0.3, 0.4) is 0 Å². The number of benzene rings is 1. The minimum atomic E-state index is -0.259. The van der Waals surface area contributed by atoms with Gasteiger partial charge in [0, 0.05) is 32.6 Å².